The second-order valence-electron chi connectivity index (χ2n) is 4.65. The lowest BCUT2D eigenvalue weighted by molar-refractivity contribution is -0.113. The smallest absolute Gasteiger partial charge is 0.234 e. The Labute approximate surface area is 115 Å². The van der Waals surface area contributed by atoms with Crippen LogP contribution >= 0.6 is 23.4 Å². The van der Waals surface area contributed by atoms with Crippen LogP contribution in [0.15, 0.2) is 18.2 Å². The van der Waals surface area contributed by atoms with Crippen LogP contribution in [0.4, 0.5) is 10.1 Å². The quantitative estimate of drug-likeness (QED) is 0.877. The Morgan fingerprint density at radius 2 is 2.22 bits per heavy atom. The van der Waals surface area contributed by atoms with Crippen molar-refractivity contribution in [2.75, 3.05) is 16.8 Å². The van der Waals surface area contributed by atoms with Crippen LogP contribution in [0.5, 0.6) is 0 Å². The molecule has 0 bridgehead atoms. The predicted molar refractivity (Wildman–Crippen MR) is 75.6 cm³/mol. The van der Waals surface area contributed by atoms with E-state index in [1.807, 2.05) is 13.8 Å². The van der Waals surface area contributed by atoms with Crippen molar-refractivity contribution in [3.05, 3.63) is 29.0 Å². The van der Waals surface area contributed by atoms with E-state index in [0.29, 0.717) is 11.4 Å². The molecule has 0 atom stereocenters. The molecule has 0 spiro atoms. The molecule has 0 unspecified atom stereocenters. The monoisotopic (exact) mass is 290 g/mol. The van der Waals surface area contributed by atoms with Crippen LogP contribution < -0.4 is 11.1 Å². The highest BCUT2D eigenvalue weighted by Gasteiger charge is 2.12. The van der Waals surface area contributed by atoms with Gasteiger partial charge in [-0.15, -0.1) is 0 Å². The summed E-state index contributed by atoms with van der Waals surface area (Å²) in [6.45, 7) is 3.80. The maximum Gasteiger partial charge on any atom is 0.234 e. The average Bonchev–Trinajstić information content (AvgIpc) is 2.20. The lowest BCUT2D eigenvalue weighted by atomic mass is 10.1. The van der Waals surface area contributed by atoms with Gasteiger partial charge in [-0.3, -0.25) is 4.79 Å². The number of halogens is 2. The van der Waals surface area contributed by atoms with Gasteiger partial charge in [0.05, 0.1) is 16.5 Å². The minimum atomic E-state index is -0.433. The lowest BCUT2D eigenvalue weighted by Gasteiger charge is -2.17. The molecule has 6 heteroatoms. The Hall–Kier alpha value is -0.780. The van der Waals surface area contributed by atoms with Gasteiger partial charge in [0.25, 0.3) is 0 Å². The normalized spacial score (nSPS) is 11.4. The molecular formula is C12H16ClFN2OS. The van der Waals surface area contributed by atoms with Crippen LogP contribution in [0.2, 0.25) is 5.02 Å². The van der Waals surface area contributed by atoms with Gasteiger partial charge in [-0.25, -0.2) is 4.39 Å². The van der Waals surface area contributed by atoms with Crippen LogP contribution in [-0.4, -0.2) is 23.0 Å². The first-order valence-electron chi connectivity index (χ1n) is 5.39. The number of nitrogens with one attached hydrogen (secondary N) is 1. The van der Waals surface area contributed by atoms with E-state index in [2.05, 4.69) is 5.32 Å². The second-order valence-corrected chi connectivity index (χ2v) is 6.05. The van der Waals surface area contributed by atoms with Gasteiger partial charge in [-0.2, -0.15) is 11.8 Å². The molecule has 1 aromatic carbocycles. The highest BCUT2D eigenvalue weighted by molar-refractivity contribution is 8.00. The van der Waals surface area contributed by atoms with Crippen molar-refractivity contribution in [3.63, 3.8) is 0 Å². The van der Waals surface area contributed by atoms with E-state index in [1.54, 1.807) is 0 Å². The van der Waals surface area contributed by atoms with Crippen molar-refractivity contribution < 1.29 is 9.18 Å². The van der Waals surface area contributed by atoms with Crippen molar-refractivity contribution in [1.82, 2.24) is 0 Å². The Balaban J connectivity index is 2.45. The van der Waals surface area contributed by atoms with E-state index in [9.17, 15) is 9.18 Å². The van der Waals surface area contributed by atoms with E-state index in [4.69, 9.17) is 17.3 Å². The van der Waals surface area contributed by atoms with Crippen LogP contribution in [0, 0.1) is 5.82 Å². The van der Waals surface area contributed by atoms with Gasteiger partial charge in [0.2, 0.25) is 5.91 Å². The fourth-order valence-electron chi connectivity index (χ4n) is 1.18. The van der Waals surface area contributed by atoms with E-state index < -0.39 is 5.82 Å². The van der Waals surface area contributed by atoms with Crippen LogP contribution in [0.1, 0.15) is 13.8 Å². The number of thioether (sulfide) groups is 1. The molecule has 100 valence electrons. The minimum absolute atomic E-state index is 0.183. The Bertz CT molecular complexity index is 435. The molecular weight excluding hydrogens is 275 g/mol. The van der Waals surface area contributed by atoms with Crippen LogP contribution in [0.25, 0.3) is 0 Å². The molecule has 0 saturated carbocycles. The van der Waals surface area contributed by atoms with Crippen molar-refractivity contribution in [1.29, 1.82) is 0 Å². The summed E-state index contributed by atoms with van der Waals surface area (Å²) in [7, 11) is 0. The lowest BCUT2D eigenvalue weighted by Crippen LogP contribution is -2.35. The van der Waals surface area contributed by atoms with Gasteiger partial charge in [-0.05, 0) is 32.0 Å². The molecule has 3 nitrogen and oxygen atoms in total. The van der Waals surface area contributed by atoms with Gasteiger partial charge in [0, 0.05) is 11.3 Å². The standard InChI is InChI=1S/C12H16ClFN2OS/c1-12(2,15)7-18-6-11(17)16-10-4-3-8(14)5-9(10)13/h3-5H,6-7,15H2,1-2H3,(H,16,17). The van der Waals surface area contributed by atoms with Gasteiger partial charge in [0.1, 0.15) is 5.82 Å². The summed E-state index contributed by atoms with van der Waals surface area (Å²) in [6.07, 6.45) is 0. The van der Waals surface area contributed by atoms with Gasteiger partial charge in [-0.1, -0.05) is 11.6 Å². The molecule has 0 heterocycles. The molecule has 1 amide bonds. The zero-order chi connectivity index (χ0) is 13.8. The van der Waals surface area contributed by atoms with Crippen LogP contribution in [-0.2, 0) is 4.79 Å². The Morgan fingerprint density at radius 1 is 1.56 bits per heavy atom. The van der Waals surface area contributed by atoms with E-state index in [1.165, 1.54) is 23.9 Å². The molecule has 0 aliphatic rings. The summed E-state index contributed by atoms with van der Waals surface area (Å²) in [5.74, 6) is 0.348. The number of rotatable bonds is 5. The first-order valence-corrected chi connectivity index (χ1v) is 6.93. The summed E-state index contributed by atoms with van der Waals surface area (Å²) in [5.41, 5.74) is 5.91. The summed E-state index contributed by atoms with van der Waals surface area (Å²) >= 11 is 7.24. The third-order valence-electron chi connectivity index (χ3n) is 1.91. The first-order chi connectivity index (χ1) is 8.28. The molecule has 1 rings (SSSR count). The number of benzene rings is 1. The third kappa shape index (κ3) is 5.71. The largest absolute Gasteiger partial charge is 0.325 e. The number of hydrogen-bond donors (Lipinski definition) is 2. The van der Waals surface area contributed by atoms with E-state index in [-0.39, 0.29) is 22.2 Å². The fourth-order valence-corrected chi connectivity index (χ4v) is 2.28. The first kappa shape index (κ1) is 15.3. The topological polar surface area (TPSA) is 55.1 Å². The molecule has 0 aliphatic heterocycles. The molecule has 0 radical (unpaired) electrons. The highest BCUT2D eigenvalue weighted by atomic mass is 35.5. The van der Waals surface area contributed by atoms with E-state index >= 15 is 0 Å². The number of anilines is 1. The molecule has 0 aliphatic carbocycles. The van der Waals surface area contributed by atoms with Gasteiger partial charge >= 0.3 is 0 Å². The van der Waals surface area contributed by atoms with Gasteiger partial charge < -0.3 is 11.1 Å². The zero-order valence-corrected chi connectivity index (χ0v) is 11.9. The number of carbonyl (C=O) groups excluding carboxylic acids is 1. The molecule has 18 heavy (non-hydrogen) atoms. The fraction of sp³-hybridized carbons (Fsp3) is 0.417. The van der Waals surface area contributed by atoms with E-state index in [0.717, 1.165) is 6.07 Å². The molecule has 0 aromatic heterocycles. The molecule has 3 N–H and O–H groups in total. The number of amides is 1. The number of carbonyl (C=O) groups is 1. The maximum absolute atomic E-state index is 12.8. The van der Waals surface area contributed by atoms with Crippen molar-refractivity contribution in [2.45, 2.75) is 19.4 Å². The minimum Gasteiger partial charge on any atom is -0.325 e. The van der Waals surface area contributed by atoms with Gasteiger partial charge in [0.15, 0.2) is 0 Å². The van der Waals surface area contributed by atoms with Crippen molar-refractivity contribution >= 4 is 35.0 Å². The molecule has 1 aromatic rings. The zero-order valence-electron chi connectivity index (χ0n) is 10.3. The summed E-state index contributed by atoms with van der Waals surface area (Å²) < 4.78 is 12.8. The third-order valence-corrected chi connectivity index (χ3v) is 3.64. The van der Waals surface area contributed by atoms with Crippen LogP contribution in [0.3, 0.4) is 0 Å². The summed E-state index contributed by atoms with van der Waals surface area (Å²) in [4.78, 5) is 11.6. The average molecular weight is 291 g/mol. The summed E-state index contributed by atoms with van der Waals surface area (Å²) in [5, 5.41) is 2.81. The molecule has 0 fully saturated rings. The van der Waals surface area contributed by atoms with Crippen molar-refractivity contribution in [2.24, 2.45) is 5.73 Å². The second kappa shape index (κ2) is 6.41. The Morgan fingerprint density at radius 3 is 2.78 bits per heavy atom. The number of hydrogen-bond acceptors (Lipinski definition) is 3. The Kier molecular flexibility index (Phi) is 5.44. The molecule has 0 saturated heterocycles. The highest BCUT2D eigenvalue weighted by Crippen LogP contribution is 2.22. The maximum atomic E-state index is 12.8. The number of nitrogens with two attached hydrogens (primary N) is 1. The predicted octanol–water partition coefficient (Wildman–Crippen LogP) is 2.89. The summed E-state index contributed by atoms with van der Waals surface area (Å²) in [6, 6.07) is 3.85. The SMILES string of the molecule is CC(C)(N)CSCC(=O)Nc1ccc(F)cc1Cl. The van der Waals surface area contributed by atoms with Crippen molar-refractivity contribution in [3.8, 4) is 0 Å².